The number of nitrogens with two attached hydrogens (primary N) is 1. The van der Waals surface area contributed by atoms with Crippen LogP contribution in [-0.4, -0.2) is 25.6 Å². The molecule has 0 spiro atoms. The molecular formula is C19H15FN6O. The fraction of sp³-hybridized carbons (Fsp3) is 0.211. The first kappa shape index (κ1) is 15.6. The van der Waals surface area contributed by atoms with Crippen LogP contribution in [0.5, 0.6) is 0 Å². The van der Waals surface area contributed by atoms with Crippen LogP contribution < -0.4 is 11.1 Å². The Morgan fingerprint density at radius 2 is 2.07 bits per heavy atom. The maximum Gasteiger partial charge on any atom is 0.295 e. The van der Waals surface area contributed by atoms with Crippen LogP contribution >= 0.6 is 0 Å². The molecule has 0 saturated heterocycles. The Balaban J connectivity index is 1.56. The number of nitrogens with one attached hydrogen (secondary N) is 1. The monoisotopic (exact) mass is 362 g/mol. The Bertz CT molecular complexity index is 1260. The van der Waals surface area contributed by atoms with Gasteiger partial charge in [0.2, 0.25) is 0 Å². The quantitative estimate of drug-likeness (QED) is 0.533. The molecule has 0 radical (unpaired) electrons. The molecule has 0 unspecified atom stereocenters. The number of aryl methyl sites for hydroxylation is 1. The average Bonchev–Trinajstić information content (AvgIpc) is 3.27. The van der Waals surface area contributed by atoms with Gasteiger partial charge in [-0.05, 0) is 18.9 Å². The second-order valence-electron chi connectivity index (χ2n) is 6.60. The van der Waals surface area contributed by atoms with Gasteiger partial charge in [0.1, 0.15) is 29.1 Å². The van der Waals surface area contributed by atoms with E-state index in [1.165, 1.54) is 12.4 Å². The minimum atomic E-state index is -0.464. The highest BCUT2D eigenvalue weighted by Gasteiger charge is 2.23. The minimum Gasteiger partial charge on any atom is -0.423 e. The minimum absolute atomic E-state index is 0.237. The van der Waals surface area contributed by atoms with E-state index in [9.17, 15) is 4.39 Å². The molecular weight excluding hydrogens is 347 g/mol. The molecule has 3 N–H and O–H groups in total. The van der Waals surface area contributed by atoms with Crippen LogP contribution in [0.1, 0.15) is 24.0 Å². The molecule has 1 aliphatic rings. The van der Waals surface area contributed by atoms with E-state index in [1.54, 1.807) is 12.3 Å². The second-order valence-corrected chi connectivity index (χ2v) is 6.60. The van der Waals surface area contributed by atoms with E-state index < -0.39 is 5.82 Å². The van der Waals surface area contributed by atoms with Gasteiger partial charge in [-0.1, -0.05) is 11.8 Å². The number of nitrogens with zero attached hydrogens (tertiary/aromatic N) is 4. The highest BCUT2D eigenvalue weighted by molar-refractivity contribution is 5.92. The van der Waals surface area contributed by atoms with E-state index in [0.29, 0.717) is 45.6 Å². The molecule has 1 saturated carbocycles. The first-order valence-electron chi connectivity index (χ1n) is 8.52. The molecule has 27 heavy (non-hydrogen) atoms. The zero-order valence-corrected chi connectivity index (χ0v) is 14.5. The Kier molecular flexibility index (Phi) is 3.31. The molecule has 3 aromatic heterocycles. The summed E-state index contributed by atoms with van der Waals surface area (Å²) >= 11 is 0. The van der Waals surface area contributed by atoms with Gasteiger partial charge in [0.25, 0.3) is 6.01 Å². The Morgan fingerprint density at radius 1 is 1.26 bits per heavy atom. The van der Waals surface area contributed by atoms with E-state index in [2.05, 4.69) is 32.1 Å². The summed E-state index contributed by atoms with van der Waals surface area (Å²) < 4.78 is 21.8. The summed E-state index contributed by atoms with van der Waals surface area (Å²) in [5.74, 6) is 5.72. The molecule has 1 aromatic carbocycles. The summed E-state index contributed by atoms with van der Waals surface area (Å²) in [6.45, 7) is 0. The van der Waals surface area contributed by atoms with Gasteiger partial charge in [0.05, 0.1) is 16.5 Å². The first-order chi connectivity index (χ1) is 13.1. The van der Waals surface area contributed by atoms with Crippen molar-refractivity contribution >= 4 is 34.0 Å². The van der Waals surface area contributed by atoms with Crippen molar-refractivity contribution in [1.29, 1.82) is 0 Å². The molecule has 0 bridgehead atoms. The predicted molar refractivity (Wildman–Crippen MR) is 99.5 cm³/mol. The topological polar surface area (TPSA) is 94.8 Å². The lowest BCUT2D eigenvalue weighted by atomic mass is 10.1. The molecule has 0 amide bonds. The van der Waals surface area contributed by atoms with Crippen molar-refractivity contribution in [2.75, 3.05) is 11.1 Å². The van der Waals surface area contributed by atoms with Crippen molar-refractivity contribution in [2.24, 2.45) is 7.05 Å². The normalized spacial score (nSPS) is 13.7. The molecule has 7 nitrogen and oxygen atoms in total. The third-order valence-corrected chi connectivity index (χ3v) is 4.50. The fourth-order valence-electron chi connectivity index (χ4n) is 2.97. The Morgan fingerprint density at radius 3 is 2.89 bits per heavy atom. The summed E-state index contributed by atoms with van der Waals surface area (Å²) in [6.07, 6.45) is 5.40. The van der Waals surface area contributed by atoms with E-state index in [-0.39, 0.29) is 5.56 Å². The molecule has 1 fully saturated rings. The van der Waals surface area contributed by atoms with Gasteiger partial charge in [-0.3, -0.25) is 0 Å². The number of rotatable bonds is 2. The number of benzene rings is 1. The van der Waals surface area contributed by atoms with E-state index in [1.807, 2.05) is 11.6 Å². The molecule has 5 rings (SSSR count). The van der Waals surface area contributed by atoms with E-state index in [0.717, 1.165) is 12.8 Å². The SMILES string of the molecule is Cn1cc(C#Cc2cc3nc(NC4CC4)oc3cc2F)c2c(N)ncnc21. The molecule has 134 valence electrons. The lowest BCUT2D eigenvalue weighted by Gasteiger charge is -1.96. The Hall–Kier alpha value is -3.60. The zero-order chi connectivity index (χ0) is 18.5. The van der Waals surface area contributed by atoms with E-state index >= 15 is 0 Å². The fourth-order valence-corrected chi connectivity index (χ4v) is 2.97. The number of nitrogen functional groups attached to an aromatic ring is 1. The predicted octanol–water partition coefficient (Wildman–Crippen LogP) is 2.80. The van der Waals surface area contributed by atoms with Gasteiger partial charge >= 0.3 is 0 Å². The molecule has 8 heteroatoms. The van der Waals surface area contributed by atoms with Gasteiger partial charge in [-0.15, -0.1) is 0 Å². The maximum atomic E-state index is 14.4. The van der Waals surface area contributed by atoms with Crippen molar-refractivity contribution in [3.63, 3.8) is 0 Å². The Labute approximate surface area is 153 Å². The lowest BCUT2D eigenvalue weighted by molar-refractivity contribution is 0.598. The van der Waals surface area contributed by atoms with Crippen LogP contribution in [0.3, 0.4) is 0 Å². The number of hydrogen-bond donors (Lipinski definition) is 2. The summed E-state index contributed by atoms with van der Waals surface area (Å²) in [5.41, 5.74) is 8.46. The number of halogens is 1. The van der Waals surface area contributed by atoms with E-state index in [4.69, 9.17) is 10.2 Å². The van der Waals surface area contributed by atoms with Crippen molar-refractivity contribution in [3.05, 3.63) is 41.6 Å². The van der Waals surface area contributed by atoms with Crippen LogP contribution in [0.25, 0.3) is 22.1 Å². The average molecular weight is 362 g/mol. The number of fused-ring (bicyclic) bond motifs is 2. The van der Waals surface area contributed by atoms with Gasteiger partial charge in [0.15, 0.2) is 5.58 Å². The van der Waals surface area contributed by atoms with Crippen LogP contribution in [0.15, 0.2) is 29.1 Å². The largest absolute Gasteiger partial charge is 0.423 e. The smallest absolute Gasteiger partial charge is 0.295 e. The van der Waals surface area contributed by atoms with Crippen LogP contribution in [-0.2, 0) is 7.05 Å². The van der Waals surface area contributed by atoms with Gasteiger partial charge in [0, 0.05) is 25.4 Å². The second kappa shape index (κ2) is 5.71. The summed E-state index contributed by atoms with van der Waals surface area (Å²) in [6, 6.07) is 3.71. The number of anilines is 2. The van der Waals surface area contributed by atoms with Gasteiger partial charge in [-0.25, -0.2) is 14.4 Å². The van der Waals surface area contributed by atoms with Crippen molar-refractivity contribution in [1.82, 2.24) is 19.5 Å². The first-order valence-corrected chi connectivity index (χ1v) is 8.52. The molecule has 1 aliphatic carbocycles. The van der Waals surface area contributed by atoms with Crippen LogP contribution in [0.4, 0.5) is 16.2 Å². The third kappa shape index (κ3) is 2.73. The van der Waals surface area contributed by atoms with Crippen LogP contribution in [0.2, 0.25) is 0 Å². The number of aromatic nitrogens is 4. The van der Waals surface area contributed by atoms with Gasteiger partial charge < -0.3 is 20.0 Å². The summed E-state index contributed by atoms with van der Waals surface area (Å²) in [7, 11) is 1.84. The molecule has 3 heterocycles. The van der Waals surface area contributed by atoms with Crippen LogP contribution in [0, 0.1) is 17.7 Å². The highest BCUT2D eigenvalue weighted by Crippen LogP contribution is 2.28. The summed E-state index contributed by atoms with van der Waals surface area (Å²) in [5, 5.41) is 3.82. The van der Waals surface area contributed by atoms with Crippen molar-refractivity contribution < 1.29 is 8.81 Å². The standard InChI is InChI=1S/C19H15FN6O/c1-26-8-11(16-17(21)22-9-23-18(16)26)3-2-10-6-14-15(7-13(10)20)27-19(25-14)24-12-4-5-12/h6-9,12H,4-5H2,1H3,(H,24,25)(H2,21,22,23). The van der Waals surface area contributed by atoms with Crippen molar-refractivity contribution in [3.8, 4) is 11.8 Å². The highest BCUT2D eigenvalue weighted by atomic mass is 19.1. The third-order valence-electron chi connectivity index (χ3n) is 4.50. The molecule has 4 aromatic rings. The van der Waals surface area contributed by atoms with Gasteiger partial charge in [-0.2, -0.15) is 4.98 Å². The maximum absolute atomic E-state index is 14.4. The summed E-state index contributed by atoms with van der Waals surface area (Å²) in [4.78, 5) is 12.6. The zero-order valence-electron chi connectivity index (χ0n) is 14.5. The number of hydrogen-bond acceptors (Lipinski definition) is 6. The lowest BCUT2D eigenvalue weighted by Crippen LogP contribution is -2.00. The molecule has 0 atom stereocenters. The molecule has 0 aliphatic heterocycles. The number of oxazole rings is 1. The van der Waals surface area contributed by atoms with Crippen molar-refractivity contribution in [2.45, 2.75) is 18.9 Å².